The molecule has 10 aromatic rings. The molecule has 0 N–H and O–H groups in total. The summed E-state index contributed by atoms with van der Waals surface area (Å²) in [7, 11) is -2.62. The Morgan fingerprint density at radius 1 is 0.434 bits per heavy atom. The van der Waals surface area contributed by atoms with Crippen molar-refractivity contribution >= 4 is 73.6 Å². The second kappa shape index (κ2) is 12.0. The molecule has 0 fully saturated rings. The summed E-state index contributed by atoms with van der Waals surface area (Å²) in [5, 5.41) is 8.12. The minimum absolute atomic E-state index is 0.975. The van der Waals surface area contributed by atoms with E-state index in [0.717, 1.165) is 33.4 Å². The summed E-state index contributed by atoms with van der Waals surface area (Å²) in [6.45, 7) is 0. The Morgan fingerprint density at radius 2 is 0.868 bits per heavy atom. The van der Waals surface area contributed by atoms with Gasteiger partial charge in [0.2, 0.25) is 0 Å². The van der Waals surface area contributed by atoms with E-state index in [4.69, 9.17) is 0 Å². The van der Waals surface area contributed by atoms with Gasteiger partial charge in [-0.2, -0.15) is 0 Å². The van der Waals surface area contributed by atoms with Gasteiger partial charge in [0.1, 0.15) is 11.3 Å². The number of pyridine rings is 2. The summed E-state index contributed by atoms with van der Waals surface area (Å²) in [6.07, 6.45) is 7.93. The number of nitrogens with zero attached hydrogens (tertiary/aromatic N) is 4. The Bertz CT molecular complexity index is 2730. The lowest BCUT2D eigenvalue weighted by molar-refractivity contribution is 1.09. The van der Waals surface area contributed by atoms with Crippen molar-refractivity contribution in [2.24, 2.45) is 0 Å². The van der Waals surface area contributed by atoms with Gasteiger partial charge in [0.15, 0.2) is 8.07 Å². The summed E-state index contributed by atoms with van der Waals surface area (Å²) < 4.78 is 4.33. The predicted molar refractivity (Wildman–Crippen MR) is 225 cm³/mol. The van der Waals surface area contributed by atoms with Crippen molar-refractivity contribution in [1.29, 1.82) is 0 Å². The maximum atomic E-state index is 4.64. The summed E-state index contributed by atoms with van der Waals surface area (Å²) in [5.41, 5.74) is 6.65. The zero-order valence-corrected chi connectivity index (χ0v) is 31.1. The van der Waals surface area contributed by atoms with Crippen LogP contribution in [0.4, 0.5) is 0 Å². The number of rotatable bonds is 6. The molecule has 0 saturated heterocycles. The molecule has 4 nitrogen and oxygen atoms in total. The number of hydrogen-bond acceptors (Lipinski definition) is 4. The number of benzene rings is 4. The van der Waals surface area contributed by atoms with Crippen LogP contribution in [0.5, 0.6) is 0 Å². The fraction of sp³-hybridized carbons (Fsp3) is 0. The molecule has 4 aromatic carbocycles. The highest BCUT2D eigenvalue weighted by Crippen LogP contribution is 2.44. The van der Waals surface area contributed by atoms with Gasteiger partial charge in [0.05, 0.1) is 0 Å². The van der Waals surface area contributed by atoms with E-state index in [-0.39, 0.29) is 0 Å². The van der Waals surface area contributed by atoms with Crippen LogP contribution in [0.15, 0.2) is 183 Å². The van der Waals surface area contributed by atoms with Crippen molar-refractivity contribution in [3.05, 3.63) is 183 Å². The van der Waals surface area contributed by atoms with Crippen LogP contribution in [0.2, 0.25) is 0 Å². The number of fused-ring (bicyclic) bond motifs is 5. The van der Waals surface area contributed by atoms with Crippen molar-refractivity contribution in [3.63, 3.8) is 0 Å². The topological polar surface area (TPSA) is 35.6 Å². The van der Waals surface area contributed by atoms with Gasteiger partial charge >= 0.3 is 0 Å². The quantitative estimate of drug-likeness (QED) is 0.160. The lowest BCUT2D eigenvalue weighted by Gasteiger charge is -2.30. The molecule has 53 heavy (non-hydrogen) atoms. The van der Waals surface area contributed by atoms with Crippen LogP contribution in [0.3, 0.4) is 0 Å². The van der Waals surface area contributed by atoms with E-state index in [1.165, 1.54) is 51.4 Å². The SMILES string of the molecule is c1ccc([Si]2(c3ccccc3)c3cc(-c4ccc(-n5ccc6cccnc65)cc4)sc3-c3sc(-c4ccc(-n5ccc6cccnc65)cc4)cc32)cc1. The van der Waals surface area contributed by atoms with Crippen molar-refractivity contribution in [2.75, 3.05) is 0 Å². The molecule has 250 valence electrons. The summed E-state index contributed by atoms with van der Waals surface area (Å²) >= 11 is 3.88. The largest absolute Gasteiger partial charge is 0.301 e. The van der Waals surface area contributed by atoms with Crippen molar-refractivity contribution in [3.8, 4) is 42.0 Å². The Labute approximate surface area is 315 Å². The number of aromatic nitrogens is 4. The first kappa shape index (κ1) is 30.5. The van der Waals surface area contributed by atoms with Crippen molar-refractivity contribution in [1.82, 2.24) is 19.1 Å². The molecule has 7 heteroatoms. The molecular formula is C46H30N4S2Si. The van der Waals surface area contributed by atoms with E-state index < -0.39 is 8.07 Å². The summed E-state index contributed by atoms with van der Waals surface area (Å²) in [6, 6.07) is 58.0. The molecule has 0 atom stereocenters. The molecule has 0 unspecified atom stereocenters. The first-order valence-electron chi connectivity index (χ1n) is 17.7. The maximum absolute atomic E-state index is 4.64. The molecule has 11 rings (SSSR count). The van der Waals surface area contributed by atoms with E-state index in [1.54, 1.807) is 0 Å². The average molecular weight is 731 g/mol. The van der Waals surface area contributed by atoms with E-state index in [1.807, 2.05) is 47.2 Å². The van der Waals surface area contributed by atoms with Gasteiger partial charge in [-0.25, -0.2) is 9.97 Å². The van der Waals surface area contributed by atoms with E-state index >= 15 is 0 Å². The molecule has 1 aliphatic rings. The fourth-order valence-corrected chi connectivity index (χ4v) is 17.0. The number of hydrogen-bond donors (Lipinski definition) is 0. The molecular weight excluding hydrogens is 701 g/mol. The smallest absolute Gasteiger partial charge is 0.182 e. The van der Waals surface area contributed by atoms with Crippen LogP contribution in [-0.2, 0) is 0 Å². The zero-order chi connectivity index (χ0) is 34.9. The van der Waals surface area contributed by atoms with Gasteiger partial charge in [-0.1, -0.05) is 84.9 Å². The first-order chi connectivity index (χ1) is 26.3. The highest BCUT2D eigenvalue weighted by atomic mass is 32.1. The summed E-state index contributed by atoms with van der Waals surface area (Å²) in [4.78, 5) is 14.7. The normalized spacial score (nSPS) is 13.1. The molecule has 7 heterocycles. The Morgan fingerprint density at radius 3 is 1.30 bits per heavy atom. The lowest BCUT2D eigenvalue weighted by atomic mass is 10.1. The zero-order valence-electron chi connectivity index (χ0n) is 28.4. The average Bonchev–Trinajstić information content (AvgIpc) is 4.06. The number of thiophene rings is 2. The third kappa shape index (κ3) is 4.65. The first-order valence-corrected chi connectivity index (χ1v) is 21.3. The highest BCUT2D eigenvalue weighted by molar-refractivity contribution is 7.35. The third-order valence-electron chi connectivity index (χ3n) is 10.6. The standard InChI is InChI=1S/C46H30N4S2Si/c1-3-11-37(12-4-1)53(38-13-5-2-6-14-38)41-29-39(31-15-19-35(20-16-31)49-27-23-33-9-7-25-47-45(33)49)51-43(41)44-42(53)30-40(52-44)32-17-21-36(22-18-32)50-28-24-34-10-8-26-48-46(34)50/h1-30H. The van der Waals surface area contributed by atoms with Crippen LogP contribution in [-0.4, -0.2) is 27.2 Å². The molecule has 0 radical (unpaired) electrons. The van der Waals surface area contributed by atoms with Crippen LogP contribution in [0.25, 0.3) is 64.1 Å². The third-order valence-corrected chi connectivity index (χ3v) is 18.3. The van der Waals surface area contributed by atoms with Gasteiger partial charge in [0, 0.05) is 66.4 Å². The van der Waals surface area contributed by atoms with E-state index in [0.29, 0.717) is 0 Å². The molecule has 0 amide bonds. The lowest BCUT2D eigenvalue weighted by Crippen LogP contribution is -2.72. The minimum atomic E-state index is -2.62. The molecule has 0 saturated carbocycles. The van der Waals surface area contributed by atoms with E-state index in [2.05, 4.69) is 177 Å². The molecule has 0 spiro atoms. The molecule has 1 aliphatic heterocycles. The molecule has 6 aromatic heterocycles. The van der Waals surface area contributed by atoms with Gasteiger partial charge in [0.25, 0.3) is 0 Å². The van der Waals surface area contributed by atoms with Gasteiger partial charge in [-0.15, -0.1) is 22.7 Å². The second-order valence-corrected chi connectivity index (χ2v) is 19.3. The predicted octanol–water partition coefficient (Wildman–Crippen LogP) is 9.18. The van der Waals surface area contributed by atoms with Gasteiger partial charge < -0.3 is 9.13 Å². The van der Waals surface area contributed by atoms with Crippen LogP contribution < -0.4 is 20.7 Å². The monoisotopic (exact) mass is 730 g/mol. The van der Waals surface area contributed by atoms with Crippen LogP contribution in [0, 0.1) is 0 Å². The maximum Gasteiger partial charge on any atom is 0.182 e. The Kier molecular flexibility index (Phi) is 6.88. The van der Waals surface area contributed by atoms with Crippen LogP contribution >= 0.6 is 22.7 Å². The van der Waals surface area contributed by atoms with E-state index in [9.17, 15) is 0 Å². The Balaban J connectivity index is 1.05. The van der Waals surface area contributed by atoms with Crippen molar-refractivity contribution in [2.45, 2.75) is 0 Å². The van der Waals surface area contributed by atoms with Gasteiger partial charge in [-0.05, 0) is 105 Å². The van der Waals surface area contributed by atoms with Crippen molar-refractivity contribution < 1.29 is 0 Å². The van der Waals surface area contributed by atoms with Gasteiger partial charge in [-0.3, -0.25) is 0 Å². The van der Waals surface area contributed by atoms with Crippen LogP contribution in [0.1, 0.15) is 0 Å². The molecule has 0 bridgehead atoms. The second-order valence-electron chi connectivity index (χ2n) is 13.5. The fourth-order valence-electron chi connectivity index (χ4n) is 8.19. The Hall–Kier alpha value is -6.12. The summed E-state index contributed by atoms with van der Waals surface area (Å²) in [5.74, 6) is 0. The minimum Gasteiger partial charge on any atom is -0.301 e. The highest BCUT2D eigenvalue weighted by Gasteiger charge is 2.51. The molecule has 0 aliphatic carbocycles.